The molecule has 0 aliphatic carbocycles. The number of para-hydroxylation sites is 2. The lowest BCUT2D eigenvalue weighted by Crippen LogP contribution is -2.31. The number of esters is 1. The van der Waals surface area contributed by atoms with E-state index in [1.807, 2.05) is 19.1 Å². The van der Waals surface area contributed by atoms with E-state index in [0.29, 0.717) is 17.0 Å². The molecule has 0 saturated heterocycles. The molecule has 2 aromatic carbocycles. The molecule has 8 nitrogen and oxygen atoms in total. The number of anilines is 1. The number of aryl methyl sites for hydroxylation is 1. The van der Waals surface area contributed by atoms with Crippen LogP contribution in [0.2, 0.25) is 0 Å². The summed E-state index contributed by atoms with van der Waals surface area (Å²) in [5, 5.41) is 3.50. The third-order valence-corrected chi connectivity index (χ3v) is 4.72. The molecule has 0 unspecified atom stereocenters. The first-order valence-electron chi connectivity index (χ1n) is 8.62. The van der Waals surface area contributed by atoms with Crippen molar-refractivity contribution in [2.45, 2.75) is 6.92 Å². The quantitative estimate of drug-likeness (QED) is 0.603. The molecule has 1 amide bonds. The molecule has 0 aliphatic rings. The number of rotatable bonds is 9. The van der Waals surface area contributed by atoms with Crippen molar-refractivity contribution in [3.05, 3.63) is 65.1 Å². The van der Waals surface area contributed by atoms with Gasteiger partial charge in [0.25, 0.3) is 5.91 Å². The average Bonchev–Trinajstić information content (AvgIpc) is 2.71. The topological polar surface area (TPSA) is 111 Å². The van der Waals surface area contributed by atoms with Gasteiger partial charge >= 0.3 is 5.97 Å². The Morgan fingerprint density at radius 2 is 1.76 bits per heavy atom. The molecule has 2 N–H and O–H groups in total. The van der Waals surface area contributed by atoms with Gasteiger partial charge in [0, 0.05) is 5.41 Å². The van der Waals surface area contributed by atoms with E-state index in [0.717, 1.165) is 11.0 Å². The highest BCUT2D eigenvalue weighted by Gasteiger charge is 2.13. The number of hydrogen-bond donors (Lipinski definition) is 2. The first-order chi connectivity index (χ1) is 13.8. The van der Waals surface area contributed by atoms with Crippen LogP contribution in [-0.2, 0) is 24.3 Å². The van der Waals surface area contributed by atoms with Crippen LogP contribution in [-0.4, -0.2) is 40.6 Å². The van der Waals surface area contributed by atoms with Crippen LogP contribution in [0.25, 0.3) is 6.08 Å². The molecule has 0 radical (unpaired) electrons. The van der Waals surface area contributed by atoms with Gasteiger partial charge in [0.05, 0.1) is 12.8 Å². The highest BCUT2D eigenvalue weighted by Crippen LogP contribution is 2.22. The Morgan fingerprint density at radius 3 is 2.45 bits per heavy atom. The van der Waals surface area contributed by atoms with Gasteiger partial charge in [-0.1, -0.05) is 42.0 Å². The van der Waals surface area contributed by atoms with Crippen molar-refractivity contribution in [3.63, 3.8) is 0 Å². The van der Waals surface area contributed by atoms with Gasteiger partial charge in [-0.25, -0.2) is 13.1 Å². The maximum atomic E-state index is 11.9. The predicted octanol–water partition coefficient (Wildman–Crippen LogP) is 2.08. The Hall–Kier alpha value is -3.17. The summed E-state index contributed by atoms with van der Waals surface area (Å²) in [4.78, 5) is 23.6. The fourth-order valence-corrected chi connectivity index (χ4v) is 2.94. The second-order valence-electron chi connectivity index (χ2n) is 5.99. The number of carbonyl (C=O) groups is 2. The summed E-state index contributed by atoms with van der Waals surface area (Å²) in [5.74, 6) is -1.00. The third-order valence-electron chi connectivity index (χ3n) is 3.68. The maximum absolute atomic E-state index is 11.9. The summed E-state index contributed by atoms with van der Waals surface area (Å²) in [6.45, 7) is 0.772. The Balaban J connectivity index is 1.78. The summed E-state index contributed by atoms with van der Waals surface area (Å²) in [5.41, 5.74) is 2.19. The van der Waals surface area contributed by atoms with Crippen molar-refractivity contribution in [2.24, 2.45) is 0 Å². The molecule has 154 valence electrons. The molecule has 0 aromatic heterocycles. The second kappa shape index (κ2) is 10.4. The number of amides is 1. The Morgan fingerprint density at radius 1 is 1.07 bits per heavy atom. The lowest BCUT2D eigenvalue weighted by molar-refractivity contribution is -0.146. The van der Waals surface area contributed by atoms with Crippen LogP contribution in [0.5, 0.6) is 5.75 Å². The number of benzene rings is 2. The molecule has 0 fully saturated rings. The smallest absolute Gasteiger partial charge is 0.321 e. The second-order valence-corrected chi connectivity index (χ2v) is 7.64. The van der Waals surface area contributed by atoms with Crippen LogP contribution in [0.1, 0.15) is 11.1 Å². The number of hydrogen-bond acceptors (Lipinski definition) is 6. The van der Waals surface area contributed by atoms with Crippen LogP contribution in [0.15, 0.2) is 53.9 Å². The summed E-state index contributed by atoms with van der Waals surface area (Å²) in [6.07, 6.45) is 1.41. The van der Waals surface area contributed by atoms with Gasteiger partial charge in [-0.3, -0.25) is 9.59 Å². The zero-order valence-corrected chi connectivity index (χ0v) is 16.9. The molecule has 0 spiro atoms. The Kier molecular flexibility index (Phi) is 7.93. The standard InChI is InChI=1S/C20H22N2O6S/c1-15-7-9-16(10-8-15)11-12-29(25,26)21-13-20(24)28-14-19(23)22-17-5-3-4-6-18(17)27-2/h3-12,21H,13-14H2,1-2H3,(H,22,23). The van der Waals surface area contributed by atoms with E-state index in [-0.39, 0.29) is 0 Å². The number of carbonyl (C=O) groups excluding carboxylic acids is 2. The largest absolute Gasteiger partial charge is 0.495 e. The zero-order chi connectivity index (χ0) is 21.3. The van der Waals surface area contributed by atoms with Crippen LogP contribution >= 0.6 is 0 Å². The summed E-state index contributed by atoms with van der Waals surface area (Å²) < 4.78 is 35.8. The van der Waals surface area contributed by atoms with Crippen LogP contribution in [0, 0.1) is 6.92 Å². The minimum Gasteiger partial charge on any atom is -0.495 e. The lowest BCUT2D eigenvalue weighted by Gasteiger charge is -2.10. The molecule has 9 heteroatoms. The van der Waals surface area contributed by atoms with E-state index < -0.39 is 35.1 Å². The van der Waals surface area contributed by atoms with Gasteiger partial charge in [-0.05, 0) is 30.7 Å². The minimum absolute atomic E-state index is 0.429. The van der Waals surface area contributed by atoms with E-state index in [4.69, 9.17) is 9.47 Å². The Bertz CT molecular complexity index is 984. The van der Waals surface area contributed by atoms with Gasteiger partial charge in [0.1, 0.15) is 12.3 Å². The van der Waals surface area contributed by atoms with Crippen LogP contribution < -0.4 is 14.8 Å². The number of nitrogens with one attached hydrogen (secondary N) is 2. The van der Waals surface area contributed by atoms with Crippen molar-refractivity contribution in [2.75, 3.05) is 25.6 Å². The molecular formula is C20H22N2O6S. The van der Waals surface area contributed by atoms with Crippen LogP contribution in [0.3, 0.4) is 0 Å². The molecule has 2 rings (SSSR count). The predicted molar refractivity (Wildman–Crippen MR) is 110 cm³/mol. The van der Waals surface area contributed by atoms with Crippen molar-refractivity contribution in [3.8, 4) is 5.75 Å². The minimum atomic E-state index is -3.83. The fraction of sp³-hybridized carbons (Fsp3) is 0.200. The fourth-order valence-electron chi connectivity index (χ4n) is 2.18. The molecule has 2 aromatic rings. The first kappa shape index (κ1) is 22.1. The highest BCUT2D eigenvalue weighted by atomic mass is 32.2. The van der Waals surface area contributed by atoms with Crippen molar-refractivity contribution in [1.29, 1.82) is 0 Å². The van der Waals surface area contributed by atoms with Crippen molar-refractivity contribution < 1.29 is 27.5 Å². The van der Waals surface area contributed by atoms with Gasteiger partial charge in [0.15, 0.2) is 6.61 Å². The van der Waals surface area contributed by atoms with Gasteiger partial charge < -0.3 is 14.8 Å². The number of ether oxygens (including phenoxy) is 2. The summed E-state index contributed by atoms with van der Waals surface area (Å²) in [7, 11) is -2.37. The first-order valence-corrected chi connectivity index (χ1v) is 10.2. The number of sulfonamides is 1. The number of methoxy groups -OCH3 is 1. The lowest BCUT2D eigenvalue weighted by atomic mass is 10.2. The van der Waals surface area contributed by atoms with Gasteiger partial charge in [0.2, 0.25) is 10.0 Å². The molecule has 0 bridgehead atoms. The van der Waals surface area contributed by atoms with Gasteiger partial charge in [-0.15, -0.1) is 0 Å². The van der Waals surface area contributed by atoms with Crippen LogP contribution in [0.4, 0.5) is 5.69 Å². The van der Waals surface area contributed by atoms with Crippen molar-refractivity contribution in [1.82, 2.24) is 4.72 Å². The molecular weight excluding hydrogens is 396 g/mol. The molecule has 0 atom stereocenters. The van der Waals surface area contributed by atoms with Gasteiger partial charge in [-0.2, -0.15) is 0 Å². The Labute approximate surface area is 169 Å². The monoisotopic (exact) mass is 418 g/mol. The van der Waals surface area contributed by atoms with Crippen molar-refractivity contribution >= 4 is 33.7 Å². The molecule has 0 heterocycles. The average molecular weight is 418 g/mol. The molecule has 0 saturated carbocycles. The normalized spacial score (nSPS) is 11.2. The summed E-state index contributed by atoms with van der Waals surface area (Å²) in [6, 6.07) is 14.0. The zero-order valence-electron chi connectivity index (χ0n) is 16.0. The third kappa shape index (κ3) is 7.76. The highest BCUT2D eigenvalue weighted by molar-refractivity contribution is 7.92. The summed E-state index contributed by atoms with van der Waals surface area (Å²) >= 11 is 0. The molecule has 29 heavy (non-hydrogen) atoms. The molecule has 0 aliphatic heterocycles. The van der Waals surface area contributed by atoms with E-state index in [1.54, 1.807) is 36.4 Å². The maximum Gasteiger partial charge on any atom is 0.321 e. The van der Waals surface area contributed by atoms with E-state index >= 15 is 0 Å². The SMILES string of the molecule is COc1ccccc1NC(=O)COC(=O)CNS(=O)(=O)C=Cc1ccc(C)cc1. The van der Waals surface area contributed by atoms with E-state index in [9.17, 15) is 18.0 Å². The van der Waals surface area contributed by atoms with E-state index in [1.165, 1.54) is 13.2 Å². The van der Waals surface area contributed by atoms with E-state index in [2.05, 4.69) is 10.0 Å².